The maximum Gasteiger partial charge on any atom is 0.316 e. The average molecular weight is 451 g/mol. The fourth-order valence-electron chi connectivity index (χ4n) is 3.46. The van der Waals surface area contributed by atoms with Gasteiger partial charge in [0.2, 0.25) is 11.2 Å². The highest BCUT2D eigenvalue weighted by atomic mass is 16.5. The molecular formula is C27H46O5. The first kappa shape index (κ1) is 28.4. The lowest BCUT2D eigenvalue weighted by Crippen LogP contribution is -2.28. The molecular weight excluding hydrogens is 404 g/mol. The Morgan fingerprint density at radius 1 is 0.844 bits per heavy atom. The highest BCUT2D eigenvalue weighted by molar-refractivity contribution is 5.77. The Hall–Kier alpha value is -1.62. The second kappa shape index (κ2) is 16.9. The number of esters is 1. The standard InChI is InChI=1S/C27H46O5/c1-5-6-7-8-9-10-11-12-13-14-15-16-17-18-20-30-22-24-25(23(28)19-21-31-24)32-26(29)27(2,3)4/h19,21H,5-18,20,22H2,1-4H3. The van der Waals surface area contributed by atoms with Crippen LogP contribution in [0.1, 0.15) is 123 Å². The predicted molar refractivity (Wildman–Crippen MR) is 130 cm³/mol. The summed E-state index contributed by atoms with van der Waals surface area (Å²) in [5, 5.41) is 0. The van der Waals surface area contributed by atoms with E-state index in [0.717, 1.165) is 12.8 Å². The first-order chi connectivity index (χ1) is 15.4. The maximum atomic E-state index is 12.1. The number of carbonyl (C=O) groups is 1. The number of rotatable bonds is 18. The summed E-state index contributed by atoms with van der Waals surface area (Å²) in [5.41, 5.74) is -1.07. The van der Waals surface area contributed by atoms with Gasteiger partial charge in [-0.05, 0) is 27.2 Å². The minimum atomic E-state index is -0.700. The van der Waals surface area contributed by atoms with Crippen molar-refractivity contribution in [3.63, 3.8) is 0 Å². The van der Waals surface area contributed by atoms with Gasteiger partial charge in [-0.15, -0.1) is 0 Å². The van der Waals surface area contributed by atoms with Crippen LogP contribution in [0.4, 0.5) is 0 Å². The summed E-state index contributed by atoms with van der Waals surface area (Å²) in [6.45, 7) is 8.22. The molecule has 0 atom stereocenters. The second-order valence-electron chi connectivity index (χ2n) is 9.83. The molecule has 0 N–H and O–H groups in total. The molecule has 1 aromatic heterocycles. The molecule has 32 heavy (non-hydrogen) atoms. The molecule has 0 bridgehead atoms. The Labute approximate surface area is 195 Å². The van der Waals surface area contributed by atoms with Crippen LogP contribution in [0.25, 0.3) is 0 Å². The number of hydrogen-bond acceptors (Lipinski definition) is 5. The van der Waals surface area contributed by atoms with Gasteiger partial charge < -0.3 is 13.9 Å². The van der Waals surface area contributed by atoms with Crippen LogP contribution in [0, 0.1) is 5.41 Å². The van der Waals surface area contributed by atoms with Crippen molar-refractivity contribution in [2.45, 2.75) is 124 Å². The summed E-state index contributed by atoms with van der Waals surface area (Å²) in [4.78, 5) is 24.2. The highest BCUT2D eigenvalue weighted by Gasteiger charge is 2.26. The van der Waals surface area contributed by atoms with E-state index < -0.39 is 11.4 Å². The van der Waals surface area contributed by atoms with Crippen molar-refractivity contribution in [1.29, 1.82) is 0 Å². The van der Waals surface area contributed by atoms with Gasteiger partial charge in [0.05, 0.1) is 11.7 Å². The largest absolute Gasteiger partial charge is 0.463 e. The molecule has 1 aromatic rings. The summed E-state index contributed by atoms with van der Waals surface area (Å²) < 4.78 is 16.3. The number of carbonyl (C=O) groups excluding carboxylic acids is 1. The number of unbranched alkanes of at least 4 members (excludes halogenated alkanes) is 13. The van der Waals surface area contributed by atoms with Crippen molar-refractivity contribution >= 4 is 5.97 Å². The van der Waals surface area contributed by atoms with Crippen molar-refractivity contribution in [3.8, 4) is 5.75 Å². The second-order valence-corrected chi connectivity index (χ2v) is 9.83. The lowest BCUT2D eigenvalue weighted by atomic mass is 9.97. The van der Waals surface area contributed by atoms with E-state index in [1.807, 2.05) is 0 Å². The number of ether oxygens (including phenoxy) is 2. The summed E-state index contributed by atoms with van der Waals surface area (Å²) in [6.07, 6.45) is 19.7. The van der Waals surface area contributed by atoms with Gasteiger partial charge in [-0.3, -0.25) is 9.59 Å². The molecule has 1 heterocycles. The van der Waals surface area contributed by atoms with E-state index in [1.165, 1.54) is 89.4 Å². The Morgan fingerprint density at radius 3 is 1.84 bits per heavy atom. The van der Waals surface area contributed by atoms with E-state index in [1.54, 1.807) is 20.8 Å². The third-order valence-corrected chi connectivity index (χ3v) is 5.59. The van der Waals surface area contributed by atoms with Gasteiger partial charge in [-0.25, -0.2) is 0 Å². The van der Waals surface area contributed by atoms with Crippen LogP contribution in [0.15, 0.2) is 21.5 Å². The molecule has 184 valence electrons. The monoisotopic (exact) mass is 450 g/mol. The molecule has 0 aliphatic rings. The minimum absolute atomic E-state index is 0.0617. The van der Waals surface area contributed by atoms with Gasteiger partial charge in [0.1, 0.15) is 6.61 Å². The van der Waals surface area contributed by atoms with E-state index in [9.17, 15) is 9.59 Å². The first-order valence-corrected chi connectivity index (χ1v) is 12.8. The van der Waals surface area contributed by atoms with Crippen LogP contribution in [-0.2, 0) is 16.1 Å². The highest BCUT2D eigenvalue weighted by Crippen LogP contribution is 2.21. The lowest BCUT2D eigenvalue weighted by Gasteiger charge is -2.16. The quantitative estimate of drug-likeness (QED) is 0.170. The smallest absolute Gasteiger partial charge is 0.316 e. The molecule has 0 aromatic carbocycles. The SMILES string of the molecule is CCCCCCCCCCCCCCCCOCc1occc(=O)c1OC(=O)C(C)(C)C. The maximum absolute atomic E-state index is 12.1. The normalized spacial score (nSPS) is 11.6. The van der Waals surface area contributed by atoms with E-state index in [-0.39, 0.29) is 23.5 Å². The first-order valence-electron chi connectivity index (χ1n) is 12.8. The van der Waals surface area contributed by atoms with Gasteiger partial charge in [0.25, 0.3) is 0 Å². The molecule has 5 heteroatoms. The van der Waals surface area contributed by atoms with Crippen molar-refractivity contribution in [2.75, 3.05) is 6.61 Å². The fraction of sp³-hybridized carbons (Fsp3) is 0.778. The molecule has 0 fully saturated rings. The molecule has 0 aliphatic heterocycles. The van der Waals surface area contributed by atoms with Crippen molar-refractivity contribution in [2.24, 2.45) is 5.41 Å². The molecule has 0 aliphatic carbocycles. The van der Waals surface area contributed by atoms with E-state index in [2.05, 4.69) is 6.92 Å². The van der Waals surface area contributed by atoms with Crippen molar-refractivity contribution < 1.29 is 18.7 Å². The zero-order chi connectivity index (χ0) is 23.7. The topological polar surface area (TPSA) is 65.7 Å². The van der Waals surface area contributed by atoms with E-state index in [4.69, 9.17) is 13.9 Å². The molecule has 5 nitrogen and oxygen atoms in total. The third kappa shape index (κ3) is 13.0. The molecule has 0 saturated heterocycles. The van der Waals surface area contributed by atoms with Crippen molar-refractivity contribution in [1.82, 2.24) is 0 Å². The Kier molecular flexibility index (Phi) is 15.0. The molecule has 0 amide bonds. The van der Waals surface area contributed by atoms with Crippen LogP contribution in [0.5, 0.6) is 5.75 Å². The zero-order valence-electron chi connectivity index (χ0n) is 21.0. The summed E-state index contributed by atoms with van der Waals surface area (Å²) in [5.74, 6) is -0.266. The molecule has 0 radical (unpaired) electrons. The van der Waals surface area contributed by atoms with Crippen LogP contribution >= 0.6 is 0 Å². The average Bonchev–Trinajstić information content (AvgIpc) is 2.74. The predicted octanol–water partition coefficient (Wildman–Crippen LogP) is 7.59. The van der Waals surface area contributed by atoms with Gasteiger partial charge in [0.15, 0.2) is 5.76 Å². The molecule has 0 unspecified atom stereocenters. The summed E-state index contributed by atoms with van der Waals surface area (Å²) in [7, 11) is 0. The van der Waals surface area contributed by atoms with Gasteiger partial charge in [-0.2, -0.15) is 0 Å². The summed E-state index contributed by atoms with van der Waals surface area (Å²) >= 11 is 0. The van der Waals surface area contributed by atoms with Gasteiger partial charge >= 0.3 is 5.97 Å². The van der Waals surface area contributed by atoms with Crippen LogP contribution in [0.3, 0.4) is 0 Å². The van der Waals surface area contributed by atoms with Crippen LogP contribution in [0.2, 0.25) is 0 Å². The zero-order valence-corrected chi connectivity index (χ0v) is 21.0. The molecule has 1 rings (SSSR count). The van der Waals surface area contributed by atoms with Crippen molar-refractivity contribution in [3.05, 3.63) is 28.3 Å². The van der Waals surface area contributed by atoms with E-state index in [0.29, 0.717) is 6.61 Å². The fourth-order valence-corrected chi connectivity index (χ4v) is 3.46. The van der Waals surface area contributed by atoms with E-state index >= 15 is 0 Å². The lowest BCUT2D eigenvalue weighted by molar-refractivity contribution is -0.143. The Balaban J connectivity index is 2.08. The van der Waals surface area contributed by atoms with Crippen LogP contribution < -0.4 is 10.2 Å². The number of hydrogen-bond donors (Lipinski definition) is 0. The Morgan fingerprint density at radius 2 is 1.34 bits per heavy atom. The van der Waals surface area contributed by atoms with Gasteiger partial charge in [0, 0.05) is 12.7 Å². The minimum Gasteiger partial charge on any atom is -0.463 e. The molecule has 0 saturated carbocycles. The summed E-state index contributed by atoms with van der Waals surface area (Å²) in [6, 6.07) is 1.25. The van der Waals surface area contributed by atoms with Gasteiger partial charge in [-0.1, -0.05) is 90.4 Å². The van der Waals surface area contributed by atoms with Crippen LogP contribution in [-0.4, -0.2) is 12.6 Å². The Bertz CT molecular complexity index is 671. The molecule has 0 spiro atoms. The third-order valence-electron chi connectivity index (χ3n) is 5.59.